The summed E-state index contributed by atoms with van der Waals surface area (Å²) >= 11 is 0. The first-order valence-electron chi connectivity index (χ1n) is 6.13. The topological polar surface area (TPSA) is 80.6 Å². The van der Waals surface area contributed by atoms with Gasteiger partial charge >= 0.3 is 0 Å². The Balaban J connectivity index is 2.68. The lowest BCUT2D eigenvalue weighted by Crippen LogP contribution is -2.38. The Kier molecular flexibility index (Phi) is 6.33. The average molecular weight is 278 g/mol. The molecule has 0 saturated heterocycles. The molecule has 6 nitrogen and oxygen atoms in total. The number of hydrogen-bond acceptors (Lipinski definition) is 5. The van der Waals surface area contributed by atoms with Gasteiger partial charge in [-0.2, -0.15) is 5.26 Å². The monoisotopic (exact) mass is 278 g/mol. The number of nitrogens with zero attached hydrogens (tertiary/aromatic N) is 1. The number of nitrogens with one attached hydrogen (secondary N) is 1. The normalized spacial score (nSPS) is 11.3. The van der Waals surface area contributed by atoms with Gasteiger partial charge in [-0.3, -0.25) is 4.79 Å². The maximum Gasteiger partial charge on any atom is 0.260 e. The quantitative estimate of drug-likeness (QED) is 0.755. The van der Waals surface area contributed by atoms with E-state index in [1.165, 1.54) is 7.11 Å². The number of hydrogen-bond donors (Lipinski definition) is 1. The van der Waals surface area contributed by atoms with Crippen LogP contribution in [0.3, 0.4) is 0 Å². The third-order valence-electron chi connectivity index (χ3n) is 2.57. The lowest BCUT2D eigenvalue weighted by molar-refractivity contribution is -0.127. The summed E-state index contributed by atoms with van der Waals surface area (Å²) in [5.41, 5.74) is 0.464. The minimum absolute atomic E-state index is 0.242. The van der Waals surface area contributed by atoms with E-state index in [1.807, 2.05) is 6.07 Å². The van der Waals surface area contributed by atoms with Crippen LogP contribution in [0.2, 0.25) is 0 Å². The van der Waals surface area contributed by atoms with Crippen molar-refractivity contribution in [2.45, 2.75) is 13.0 Å². The lowest BCUT2D eigenvalue weighted by Gasteiger charge is -2.16. The molecule has 0 aromatic heterocycles. The van der Waals surface area contributed by atoms with Crippen molar-refractivity contribution in [1.82, 2.24) is 5.32 Å². The molecular formula is C14H18N2O4. The molecule has 0 aliphatic heterocycles. The molecule has 0 spiro atoms. The van der Waals surface area contributed by atoms with E-state index in [2.05, 4.69) is 5.32 Å². The van der Waals surface area contributed by atoms with Crippen LogP contribution in [0.5, 0.6) is 11.5 Å². The molecule has 1 aromatic rings. The third kappa shape index (κ3) is 4.44. The smallest absolute Gasteiger partial charge is 0.260 e. The van der Waals surface area contributed by atoms with E-state index in [-0.39, 0.29) is 5.91 Å². The van der Waals surface area contributed by atoms with Gasteiger partial charge in [0.05, 0.1) is 25.3 Å². The van der Waals surface area contributed by atoms with Crippen LogP contribution in [-0.4, -0.2) is 39.4 Å². The number of carbonyl (C=O) groups excluding carboxylic acids is 1. The van der Waals surface area contributed by atoms with E-state index in [4.69, 9.17) is 19.5 Å². The predicted molar refractivity (Wildman–Crippen MR) is 72.7 cm³/mol. The van der Waals surface area contributed by atoms with Crippen molar-refractivity contribution in [3.05, 3.63) is 23.8 Å². The summed E-state index contributed by atoms with van der Waals surface area (Å²) in [5.74, 6) is 0.593. The van der Waals surface area contributed by atoms with Crippen molar-refractivity contribution in [1.29, 1.82) is 5.26 Å². The molecular weight excluding hydrogens is 260 g/mol. The zero-order valence-corrected chi connectivity index (χ0v) is 11.8. The summed E-state index contributed by atoms with van der Waals surface area (Å²) in [4.78, 5) is 11.8. The average Bonchev–Trinajstić information content (AvgIpc) is 2.47. The van der Waals surface area contributed by atoms with E-state index in [1.54, 1.807) is 32.2 Å². The third-order valence-corrected chi connectivity index (χ3v) is 2.57. The Morgan fingerprint density at radius 3 is 2.75 bits per heavy atom. The van der Waals surface area contributed by atoms with Crippen LogP contribution < -0.4 is 14.8 Å². The minimum atomic E-state index is -0.673. The molecule has 0 radical (unpaired) electrons. The first-order valence-corrected chi connectivity index (χ1v) is 6.13. The van der Waals surface area contributed by atoms with Crippen molar-refractivity contribution in [2.24, 2.45) is 0 Å². The molecule has 1 amide bonds. The SMILES string of the molecule is COCCNC(=O)[C@H](C)Oc1ccc(C#N)cc1OC. The molecule has 1 N–H and O–H groups in total. The number of amides is 1. The maximum absolute atomic E-state index is 11.8. The Bertz CT molecular complexity index is 496. The van der Waals surface area contributed by atoms with Gasteiger partial charge < -0.3 is 19.5 Å². The van der Waals surface area contributed by atoms with Gasteiger partial charge in [0.15, 0.2) is 17.6 Å². The molecule has 0 fully saturated rings. The first kappa shape index (κ1) is 15.8. The second-order valence-corrected chi connectivity index (χ2v) is 4.02. The Hall–Kier alpha value is -2.26. The molecule has 0 bridgehead atoms. The fraction of sp³-hybridized carbons (Fsp3) is 0.429. The molecule has 108 valence electrons. The number of methoxy groups -OCH3 is 2. The Morgan fingerprint density at radius 2 is 2.15 bits per heavy atom. The molecule has 1 aromatic carbocycles. The van der Waals surface area contributed by atoms with Crippen molar-refractivity contribution < 1.29 is 19.0 Å². The number of ether oxygens (including phenoxy) is 3. The molecule has 0 heterocycles. The van der Waals surface area contributed by atoms with Gasteiger partial charge in [0.2, 0.25) is 0 Å². The van der Waals surface area contributed by atoms with Crippen molar-refractivity contribution in [2.75, 3.05) is 27.4 Å². The molecule has 0 aliphatic rings. The van der Waals surface area contributed by atoms with Crippen LogP contribution in [0.15, 0.2) is 18.2 Å². The number of nitriles is 1. The summed E-state index contributed by atoms with van der Waals surface area (Å²) in [5, 5.41) is 11.5. The van der Waals surface area contributed by atoms with Gasteiger partial charge in [0.1, 0.15) is 0 Å². The van der Waals surface area contributed by atoms with Gasteiger partial charge in [0, 0.05) is 19.7 Å². The van der Waals surface area contributed by atoms with Gasteiger partial charge in [-0.05, 0) is 19.1 Å². The van der Waals surface area contributed by atoms with Crippen molar-refractivity contribution in [3.63, 3.8) is 0 Å². The molecule has 20 heavy (non-hydrogen) atoms. The second-order valence-electron chi connectivity index (χ2n) is 4.02. The van der Waals surface area contributed by atoms with Crippen LogP contribution in [0.25, 0.3) is 0 Å². The van der Waals surface area contributed by atoms with Gasteiger partial charge in [-0.15, -0.1) is 0 Å². The van der Waals surface area contributed by atoms with Crippen molar-refractivity contribution >= 4 is 5.91 Å². The van der Waals surface area contributed by atoms with Crippen molar-refractivity contribution in [3.8, 4) is 17.6 Å². The van der Waals surface area contributed by atoms with E-state index >= 15 is 0 Å². The lowest BCUT2D eigenvalue weighted by atomic mass is 10.2. The summed E-state index contributed by atoms with van der Waals surface area (Å²) in [6, 6.07) is 6.78. The Labute approximate surface area is 118 Å². The largest absolute Gasteiger partial charge is 0.493 e. The molecule has 1 atom stereocenters. The highest BCUT2D eigenvalue weighted by Gasteiger charge is 2.16. The minimum Gasteiger partial charge on any atom is -0.493 e. The number of rotatable bonds is 7. The molecule has 6 heteroatoms. The predicted octanol–water partition coefficient (Wildman–Crippen LogP) is 1.10. The van der Waals surface area contributed by atoms with Gasteiger partial charge in [-0.25, -0.2) is 0 Å². The highest BCUT2D eigenvalue weighted by Crippen LogP contribution is 2.28. The molecule has 0 unspecified atom stereocenters. The Morgan fingerprint density at radius 1 is 1.40 bits per heavy atom. The van der Waals surface area contributed by atoms with E-state index in [9.17, 15) is 4.79 Å². The first-order chi connectivity index (χ1) is 9.62. The van der Waals surface area contributed by atoms with E-state index < -0.39 is 6.10 Å². The molecule has 0 saturated carbocycles. The van der Waals surface area contributed by atoms with Crippen LogP contribution in [0, 0.1) is 11.3 Å². The fourth-order valence-corrected chi connectivity index (χ4v) is 1.50. The highest BCUT2D eigenvalue weighted by molar-refractivity contribution is 5.80. The fourth-order valence-electron chi connectivity index (χ4n) is 1.50. The van der Waals surface area contributed by atoms with Crippen LogP contribution >= 0.6 is 0 Å². The summed E-state index contributed by atoms with van der Waals surface area (Å²) in [6.45, 7) is 2.51. The van der Waals surface area contributed by atoms with Gasteiger partial charge in [0.25, 0.3) is 5.91 Å². The van der Waals surface area contributed by atoms with Gasteiger partial charge in [-0.1, -0.05) is 0 Å². The van der Waals surface area contributed by atoms with E-state index in [0.29, 0.717) is 30.2 Å². The summed E-state index contributed by atoms with van der Waals surface area (Å²) in [6.07, 6.45) is -0.673. The van der Waals surface area contributed by atoms with Crippen LogP contribution in [-0.2, 0) is 9.53 Å². The summed E-state index contributed by atoms with van der Waals surface area (Å²) in [7, 11) is 3.04. The maximum atomic E-state index is 11.8. The summed E-state index contributed by atoms with van der Waals surface area (Å²) < 4.78 is 15.5. The molecule has 0 aliphatic carbocycles. The zero-order valence-electron chi connectivity index (χ0n) is 11.8. The number of benzene rings is 1. The second kappa shape index (κ2) is 8.02. The highest BCUT2D eigenvalue weighted by atomic mass is 16.5. The standard InChI is InChI=1S/C14H18N2O4/c1-10(14(17)16-6-7-18-2)20-12-5-4-11(9-15)8-13(12)19-3/h4-5,8,10H,6-7H2,1-3H3,(H,16,17)/t10-/m0/s1. The molecule has 1 rings (SSSR count). The zero-order chi connectivity index (χ0) is 15.0. The van der Waals surface area contributed by atoms with Crippen LogP contribution in [0.1, 0.15) is 12.5 Å². The van der Waals surface area contributed by atoms with E-state index in [0.717, 1.165) is 0 Å². The number of carbonyl (C=O) groups is 1. The van der Waals surface area contributed by atoms with Crippen LogP contribution in [0.4, 0.5) is 0 Å².